The zero-order valence-corrected chi connectivity index (χ0v) is 16.8. The zero-order valence-electron chi connectivity index (χ0n) is 16.1. The SMILES string of the molecule is CC(C)C[C@@H](C(O)c1c(F)cc(Cl)cc1F)N(C)Cc1cccc2[nH]ncc12. The van der Waals surface area contributed by atoms with Gasteiger partial charge in [-0.1, -0.05) is 37.6 Å². The number of benzene rings is 2. The number of halogens is 3. The van der Waals surface area contributed by atoms with Crippen molar-refractivity contribution < 1.29 is 13.9 Å². The summed E-state index contributed by atoms with van der Waals surface area (Å²) in [5.74, 6) is -1.45. The van der Waals surface area contributed by atoms with Gasteiger partial charge in [0.15, 0.2) is 0 Å². The molecule has 7 heteroatoms. The van der Waals surface area contributed by atoms with Crippen LogP contribution in [0.1, 0.15) is 37.5 Å². The van der Waals surface area contributed by atoms with Crippen LogP contribution in [0.2, 0.25) is 5.02 Å². The van der Waals surface area contributed by atoms with E-state index in [1.807, 2.05) is 44.0 Å². The molecule has 1 heterocycles. The molecule has 2 N–H and O–H groups in total. The Morgan fingerprint density at radius 1 is 1.21 bits per heavy atom. The predicted octanol–water partition coefficient (Wildman–Crippen LogP) is 5.07. The van der Waals surface area contributed by atoms with Gasteiger partial charge in [0.25, 0.3) is 0 Å². The van der Waals surface area contributed by atoms with Gasteiger partial charge in [0.2, 0.25) is 0 Å². The number of nitrogens with one attached hydrogen (secondary N) is 1. The number of aliphatic hydroxyl groups is 1. The lowest BCUT2D eigenvalue weighted by molar-refractivity contribution is 0.0419. The first-order valence-corrected chi connectivity index (χ1v) is 9.59. The Hall–Kier alpha value is -2.02. The number of fused-ring (bicyclic) bond motifs is 1. The smallest absolute Gasteiger partial charge is 0.133 e. The molecule has 0 fully saturated rings. The molecule has 3 rings (SSSR count). The number of nitrogens with zero attached hydrogens (tertiary/aromatic N) is 2. The highest BCUT2D eigenvalue weighted by molar-refractivity contribution is 6.30. The lowest BCUT2D eigenvalue weighted by atomic mass is 9.92. The molecular weight excluding hydrogens is 384 g/mol. The molecule has 0 bridgehead atoms. The molecule has 0 aliphatic carbocycles. The molecule has 2 atom stereocenters. The summed E-state index contributed by atoms with van der Waals surface area (Å²) in [5.41, 5.74) is 1.59. The minimum atomic E-state index is -1.33. The van der Waals surface area contributed by atoms with Crippen molar-refractivity contribution in [3.8, 4) is 0 Å². The van der Waals surface area contributed by atoms with Crippen molar-refractivity contribution >= 4 is 22.5 Å². The highest BCUT2D eigenvalue weighted by atomic mass is 35.5. The van der Waals surface area contributed by atoms with Crippen molar-refractivity contribution in [1.82, 2.24) is 15.1 Å². The van der Waals surface area contributed by atoms with Gasteiger partial charge >= 0.3 is 0 Å². The van der Waals surface area contributed by atoms with Crippen molar-refractivity contribution in [2.24, 2.45) is 5.92 Å². The van der Waals surface area contributed by atoms with Gasteiger partial charge in [0.05, 0.1) is 17.3 Å². The second kappa shape index (κ2) is 8.55. The summed E-state index contributed by atoms with van der Waals surface area (Å²) in [6.07, 6.45) is 0.999. The van der Waals surface area contributed by atoms with Gasteiger partial charge in [-0.2, -0.15) is 5.10 Å². The maximum absolute atomic E-state index is 14.4. The Labute approximate surface area is 168 Å². The number of aromatic amines is 1. The van der Waals surface area contributed by atoms with Crippen molar-refractivity contribution in [1.29, 1.82) is 0 Å². The summed E-state index contributed by atoms with van der Waals surface area (Å²) in [6.45, 7) is 4.53. The van der Waals surface area contributed by atoms with E-state index in [0.29, 0.717) is 13.0 Å². The fourth-order valence-electron chi connectivity index (χ4n) is 3.61. The molecule has 1 aromatic heterocycles. The number of aliphatic hydroxyl groups excluding tert-OH is 1. The van der Waals surface area contributed by atoms with Crippen LogP contribution in [-0.2, 0) is 6.54 Å². The van der Waals surface area contributed by atoms with Gasteiger partial charge in [-0.15, -0.1) is 0 Å². The Balaban J connectivity index is 1.92. The fraction of sp³-hybridized carbons (Fsp3) is 0.381. The fourth-order valence-corrected chi connectivity index (χ4v) is 3.81. The van der Waals surface area contributed by atoms with Gasteiger partial charge < -0.3 is 5.11 Å². The normalized spacial score (nSPS) is 14.2. The van der Waals surface area contributed by atoms with Gasteiger partial charge in [0, 0.05) is 23.0 Å². The highest BCUT2D eigenvalue weighted by Crippen LogP contribution is 2.32. The van der Waals surface area contributed by atoms with Crippen molar-refractivity contribution in [2.75, 3.05) is 7.05 Å². The molecule has 0 aliphatic rings. The molecule has 1 unspecified atom stereocenters. The average molecular weight is 408 g/mol. The third kappa shape index (κ3) is 4.35. The van der Waals surface area contributed by atoms with Crippen LogP contribution in [0.25, 0.3) is 10.9 Å². The first kappa shape index (κ1) is 20.7. The van der Waals surface area contributed by atoms with Gasteiger partial charge in [-0.3, -0.25) is 10.00 Å². The maximum atomic E-state index is 14.4. The third-order valence-corrected chi connectivity index (χ3v) is 5.20. The van der Waals surface area contributed by atoms with E-state index in [9.17, 15) is 13.9 Å². The zero-order chi connectivity index (χ0) is 20.4. The van der Waals surface area contributed by atoms with Crippen LogP contribution in [-0.4, -0.2) is 33.3 Å². The van der Waals surface area contributed by atoms with E-state index in [1.165, 1.54) is 0 Å². The van der Waals surface area contributed by atoms with E-state index >= 15 is 0 Å². The van der Waals surface area contributed by atoms with Gasteiger partial charge in [0.1, 0.15) is 17.7 Å². The van der Waals surface area contributed by atoms with E-state index in [1.54, 1.807) is 6.20 Å². The number of hydrogen-bond acceptors (Lipinski definition) is 3. The second-order valence-electron chi connectivity index (χ2n) is 7.59. The molecule has 0 saturated carbocycles. The van der Waals surface area contributed by atoms with Gasteiger partial charge in [-0.25, -0.2) is 8.78 Å². The number of hydrogen-bond donors (Lipinski definition) is 2. The van der Waals surface area contributed by atoms with Crippen LogP contribution in [0.15, 0.2) is 36.5 Å². The lowest BCUT2D eigenvalue weighted by Gasteiger charge is -2.34. The summed E-state index contributed by atoms with van der Waals surface area (Å²) >= 11 is 5.72. The molecule has 2 aromatic carbocycles. The lowest BCUT2D eigenvalue weighted by Crippen LogP contribution is -2.38. The molecule has 150 valence electrons. The topological polar surface area (TPSA) is 52.1 Å². The standard InChI is InChI=1S/C21H24ClF2N3O/c1-12(2)7-19(21(28)20-16(23)8-14(22)9-17(20)24)27(3)11-13-5-4-6-18-15(13)10-25-26-18/h4-6,8-10,12,19,21,28H,7,11H2,1-3H3,(H,25,26)/t19-,21?/m0/s1. The number of aromatic nitrogens is 2. The Bertz CT molecular complexity index is 937. The van der Waals surface area contributed by atoms with E-state index in [2.05, 4.69) is 10.2 Å². The summed E-state index contributed by atoms with van der Waals surface area (Å²) in [5, 5.41) is 18.9. The Morgan fingerprint density at radius 3 is 2.54 bits per heavy atom. The molecule has 0 radical (unpaired) electrons. The van der Waals surface area contributed by atoms with E-state index in [-0.39, 0.29) is 16.5 Å². The average Bonchev–Trinajstić information content (AvgIpc) is 3.08. The summed E-state index contributed by atoms with van der Waals surface area (Å²) < 4.78 is 28.8. The number of H-pyrrole nitrogens is 1. The minimum absolute atomic E-state index is 0.0358. The number of rotatable bonds is 7. The van der Waals surface area contributed by atoms with Crippen LogP contribution >= 0.6 is 11.6 Å². The molecular formula is C21H24ClF2N3O. The van der Waals surface area contributed by atoms with Crippen LogP contribution in [0.3, 0.4) is 0 Å². The first-order valence-electron chi connectivity index (χ1n) is 9.21. The van der Waals surface area contributed by atoms with E-state index in [4.69, 9.17) is 11.6 Å². The molecule has 0 amide bonds. The molecule has 0 spiro atoms. The summed E-state index contributed by atoms with van der Waals surface area (Å²) in [6, 6.07) is 7.42. The van der Waals surface area contributed by atoms with Crippen LogP contribution in [0.5, 0.6) is 0 Å². The molecule has 28 heavy (non-hydrogen) atoms. The van der Waals surface area contributed by atoms with Crippen molar-refractivity contribution in [3.63, 3.8) is 0 Å². The molecule has 3 aromatic rings. The number of likely N-dealkylation sites (N-methyl/N-ethyl adjacent to an activating group) is 1. The third-order valence-electron chi connectivity index (χ3n) is 4.98. The second-order valence-corrected chi connectivity index (χ2v) is 8.02. The first-order chi connectivity index (χ1) is 13.3. The maximum Gasteiger partial charge on any atom is 0.133 e. The molecule has 0 saturated heterocycles. The van der Waals surface area contributed by atoms with Crippen LogP contribution in [0, 0.1) is 17.6 Å². The van der Waals surface area contributed by atoms with E-state index in [0.717, 1.165) is 28.6 Å². The monoisotopic (exact) mass is 407 g/mol. The molecule has 0 aliphatic heterocycles. The quantitative estimate of drug-likeness (QED) is 0.574. The Kier molecular flexibility index (Phi) is 6.33. The summed E-state index contributed by atoms with van der Waals surface area (Å²) in [4.78, 5) is 1.93. The van der Waals surface area contributed by atoms with Crippen molar-refractivity contribution in [2.45, 2.75) is 39.0 Å². The minimum Gasteiger partial charge on any atom is -0.387 e. The summed E-state index contributed by atoms with van der Waals surface area (Å²) in [7, 11) is 1.85. The van der Waals surface area contributed by atoms with Crippen LogP contribution in [0.4, 0.5) is 8.78 Å². The van der Waals surface area contributed by atoms with Crippen LogP contribution < -0.4 is 0 Å². The van der Waals surface area contributed by atoms with E-state index < -0.39 is 23.8 Å². The van der Waals surface area contributed by atoms with Crippen molar-refractivity contribution in [3.05, 3.63) is 64.3 Å². The largest absolute Gasteiger partial charge is 0.387 e. The van der Waals surface area contributed by atoms with Gasteiger partial charge in [-0.05, 0) is 43.1 Å². The predicted molar refractivity (Wildman–Crippen MR) is 107 cm³/mol. The Morgan fingerprint density at radius 2 is 1.89 bits per heavy atom. The molecule has 4 nitrogen and oxygen atoms in total. The highest BCUT2D eigenvalue weighted by Gasteiger charge is 2.30.